The van der Waals surface area contributed by atoms with Crippen molar-refractivity contribution in [2.75, 3.05) is 25.0 Å². The molecule has 188 valence electrons. The molecule has 35 heavy (non-hydrogen) atoms. The first kappa shape index (κ1) is 25.2. The van der Waals surface area contributed by atoms with Gasteiger partial charge in [-0.2, -0.15) is 0 Å². The van der Waals surface area contributed by atoms with Gasteiger partial charge in [-0.3, -0.25) is 14.6 Å². The minimum Gasteiger partial charge on any atom is -0.371 e. The van der Waals surface area contributed by atoms with Crippen molar-refractivity contribution < 1.29 is 9.59 Å². The van der Waals surface area contributed by atoms with Crippen molar-refractivity contribution in [2.45, 2.75) is 77.8 Å². The molecule has 0 saturated carbocycles. The third-order valence-corrected chi connectivity index (χ3v) is 7.50. The number of nitrogens with one attached hydrogen (secondary N) is 1. The number of nitrogens with zero attached hydrogens (tertiary/aromatic N) is 3. The van der Waals surface area contributed by atoms with E-state index >= 15 is 0 Å². The number of anilines is 1. The van der Waals surface area contributed by atoms with E-state index in [4.69, 9.17) is 0 Å². The van der Waals surface area contributed by atoms with Crippen LogP contribution in [0.2, 0.25) is 0 Å². The molecule has 1 atom stereocenters. The molecule has 2 aliphatic rings. The molecule has 0 radical (unpaired) electrons. The molecular weight excluding hydrogens is 436 g/mol. The van der Waals surface area contributed by atoms with Crippen LogP contribution in [0.5, 0.6) is 0 Å². The zero-order chi connectivity index (χ0) is 25.4. The van der Waals surface area contributed by atoms with Crippen LogP contribution in [-0.2, 0) is 10.2 Å². The predicted molar refractivity (Wildman–Crippen MR) is 141 cm³/mol. The average Bonchev–Trinajstić information content (AvgIpc) is 3.06. The molecule has 1 N–H and O–H groups in total. The van der Waals surface area contributed by atoms with Gasteiger partial charge in [0.15, 0.2) is 0 Å². The monoisotopic (exact) mass is 476 g/mol. The normalized spacial score (nSPS) is 19.8. The molecule has 1 aromatic carbocycles. The molecule has 6 heteroatoms. The number of benzene rings is 1. The van der Waals surface area contributed by atoms with Crippen molar-refractivity contribution in [1.29, 1.82) is 0 Å². The van der Waals surface area contributed by atoms with Gasteiger partial charge in [0.05, 0.1) is 6.04 Å². The van der Waals surface area contributed by atoms with Gasteiger partial charge in [0, 0.05) is 56.2 Å². The van der Waals surface area contributed by atoms with Crippen LogP contribution in [0.3, 0.4) is 0 Å². The summed E-state index contributed by atoms with van der Waals surface area (Å²) in [5, 5.41) is 3.25. The van der Waals surface area contributed by atoms with Gasteiger partial charge in [0.1, 0.15) is 0 Å². The summed E-state index contributed by atoms with van der Waals surface area (Å²) in [6, 6.07) is 10.3. The summed E-state index contributed by atoms with van der Waals surface area (Å²) >= 11 is 0. The fourth-order valence-electron chi connectivity index (χ4n) is 5.62. The first-order valence-electron chi connectivity index (χ1n) is 12.8. The van der Waals surface area contributed by atoms with Crippen LogP contribution in [0.4, 0.5) is 5.69 Å². The van der Waals surface area contributed by atoms with Gasteiger partial charge < -0.3 is 15.1 Å². The van der Waals surface area contributed by atoms with Gasteiger partial charge in [-0.25, -0.2) is 0 Å². The zero-order valence-corrected chi connectivity index (χ0v) is 22.1. The standard InChI is InChI=1S/C29H40N4O2/c1-28(2,3)19-26(34)31-25-18-29(4,5)24-8-7-20(17-23(24)25)27(35)32(6)21-11-15-33(16-12-21)22-9-13-30-14-10-22/h7-10,13-14,17,21,25H,11-12,15-16,18-19H2,1-6H3,(H,31,34). The Morgan fingerprint density at radius 2 is 1.77 bits per heavy atom. The Hall–Kier alpha value is -2.89. The zero-order valence-electron chi connectivity index (χ0n) is 22.1. The second kappa shape index (κ2) is 9.63. The molecule has 1 aliphatic heterocycles. The summed E-state index contributed by atoms with van der Waals surface area (Å²) in [6.45, 7) is 12.5. The van der Waals surface area contributed by atoms with Crippen LogP contribution < -0.4 is 10.2 Å². The summed E-state index contributed by atoms with van der Waals surface area (Å²) in [6.07, 6.45) is 6.86. The highest BCUT2D eigenvalue weighted by molar-refractivity contribution is 5.94. The van der Waals surface area contributed by atoms with Gasteiger partial charge in [-0.05, 0) is 65.5 Å². The Morgan fingerprint density at radius 3 is 2.40 bits per heavy atom. The summed E-state index contributed by atoms with van der Waals surface area (Å²) in [5.74, 6) is 0.126. The smallest absolute Gasteiger partial charge is 0.253 e. The van der Waals surface area contributed by atoms with E-state index in [1.54, 1.807) is 0 Å². The Bertz CT molecular complexity index is 1070. The minimum atomic E-state index is -0.0610. The average molecular weight is 477 g/mol. The van der Waals surface area contributed by atoms with Gasteiger partial charge in [0.2, 0.25) is 5.91 Å². The minimum absolute atomic E-state index is 0.0394. The van der Waals surface area contributed by atoms with Crippen molar-refractivity contribution in [3.63, 3.8) is 0 Å². The van der Waals surface area contributed by atoms with Crippen LogP contribution in [0.15, 0.2) is 42.7 Å². The topological polar surface area (TPSA) is 65.5 Å². The fraction of sp³-hybridized carbons (Fsp3) is 0.552. The van der Waals surface area contributed by atoms with Crippen LogP contribution in [-0.4, -0.2) is 47.9 Å². The highest BCUT2D eigenvalue weighted by Gasteiger charge is 2.38. The van der Waals surface area contributed by atoms with Crippen LogP contribution in [0.25, 0.3) is 0 Å². The molecule has 0 bridgehead atoms. The Labute approximate surface area is 210 Å². The van der Waals surface area contributed by atoms with E-state index in [1.807, 2.05) is 48.6 Å². The van der Waals surface area contributed by atoms with Gasteiger partial charge in [-0.15, -0.1) is 0 Å². The number of rotatable bonds is 5. The summed E-state index contributed by atoms with van der Waals surface area (Å²) in [5.41, 5.74) is 4.10. The van der Waals surface area contributed by atoms with Crippen LogP contribution in [0, 0.1) is 5.41 Å². The lowest BCUT2D eigenvalue weighted by molar-refractivity contribution is -0.123. The lowest BCUT2D eigenvalue weighted by Gasteiger charge is -2.38. The van der Waals surface area contributed by atoms with E-state index in [0.717, 1.165) is 37.9 Å². The Kier molecular flexibility index (Phi) is 6.94. The van der Waals surface area contributed by atoms with E-state index in [9.17, 15) is 9.59 Å². The molecule has 1 saturated heterocycles. The van der Waals surface area contributed by atoms with Crippen molar-refractivity contribution in [3.05, 3.63) is 59.4 Å². The van der Waals surface area contributed by atoms with Gasteiger partial charge in [-0.1, -0.05) is 40.7 Å². The largest absolute Gasteiger partial charge is 0.371 e. The molecule has 1 fully saturated rings. The summed E-state index contributed by atoms with van der Waals surface area (Å²) in [4.78, 5) is 34.6. The first-order chi connectivity index (χ1) is 16.4. The number of carbonyl (C=O) groups excluding carboxylic acids is 2. The molecule has 4 rings (SSSR count). The summed E-state index contributed by atoms with van der Waals surface area (Å²) < 4.78 is 0. The highest BCUT2D eigenvalue weighted by atomic mass is 16.2. The van der Waals surface area contributed by atoms with E-state index in [2.05, 4.69) is 55.9 Å². The molecule has 2 heterocycles. The van der Waals surface area contributed by atoms with Gasteiger partial charge >= 0.3 is 0 Å². The number of piperidine rings is 1. The molecular formula is C29H40N4O2. The lowest BCUT2D eigenvalue weighted by Crippen LogP contribution is -2.45. The van der Waals surface area contributed by atoms with E-state index in [0.29, 0.717) is 12.0 Å². The highest BCUT2D eigenvalue weighted by Crippen LogP contribution is 2.45. The second-order valence-electron chi connectivity index (χ2n) is 12.1. The maximum absolute atomic E-state index is 13.5. The van der Waals surface area contributed by atoms with Crippen molar-refractivity contribution in [3.8, 4) is 0 Å². The Balaban J connectivity index is 1.46. The van der Waals surface area contributed by atoms with E-state index < -0.39 is 0 Å². The number of carbonyl (C=O) groups is 2. The molecule has 2 aromatic rings. The number of hydrogen-bond acceptors (Lipinski definition) is 4. The number of pyridine rings is 1. The molecule has 2 amide bonds. The number of hydrogen-bond donors (Lipinski definition) is 1. The SMILES string of the molecule is CN(C(=O)c1ccc2c(c1)C(NC(=O)CC(C)(C)C)CC2(C)C)C1CCN(c2ccncc2)CC1. The third-order valence-electron chi connectivity index (χ3n) is 7.50. The van der Waals surface area contributed by atoms with Crippen LogP contribution >= 0.6 is 0 Å². The molecule has 0 spiro atoms. The summed E-state index contributed by atoms with van der Waals surface area (Å²) in [7, 11) is 1.93. The van der Waals surface area contributed by atoms with Crippen molar-refractivity contribution >= 4 is 17.5 Å². The van der Waals surface area contributed by atoms with Gasteiger partial charge in [0.25, 0.3) is 5.91 Å². The van der Waals surface area contributed by atoms with Crippen LogP contribution in [0.1, 0.15) is 87.8 Å². The van der Waals surface area contributed by atoms with Crippen molar-refractivity contribution in [2.24, 2.45) is 5.41 Å². The molecule has 6 nitrogen and oxygen atoms in total. The van der Waals surface area contributed by atoms with Crippen molar-refractivity contribution in [1.82, 2.24) is 15.2 Å². The quantitative estimate of drug-likeness (QED) is 0.652. The maximum Gasteiger partial charge on any atom is 0.253 e. The lowest BCUT2D eigenvalue weighted by atomic mass is 9.86. The van der Waals surface area contributed by atoms with E-state index in [-0.39, 0.29) is 34.7 Å². The number of amides is 2. The Morgan fingerprint density at radius 1 is 1.11 bits per heavy atom. The third kappa shape index (κ3) is 5.68. The number of fused-ring (bicyclic) bond motifs is 1. The molecule has 1 aliphatic carbocycles. The number of aromatic nitrogens is 1. The predicted octanol–water partition coefficient (Wildman–Crippen LogP) is 5.10. The maximum atomic E-state index is 13.5. The molecule has 1 aromatic heterocycles. The molecule has 1 unspecified atom stereocenters. The van der Waals surface area contributed by atoms with E-state index in [1.165, 1.54) is 11.3 Å². The second-order valence-corrected chi connectivity index (χ2v) is 12.1. The first-order valence-corrected chi connectivity index (χ1v) is 12.8. The fourth-order valence-corrected chi connectivity index (χ4v) is 5.62.